The molecular weight excluding hydrogens is 294 g/mol. The number of nitrogens with one attached hydrogen (secondary N) is 1. The van der Waals surface area contributed by atoms with Crippen molar-refractivity contribution in [3.8, 4) is 0 Å². The van der Waals surface area contributed by atoms with Gasteiger partial charge in [0.2, 0.25) is 11.8 Å². The van der Waals surface area contributed by atoms with E-state index in [1.165, 1.54) is 0 Å². The first-order valence-corrected chi connectivity index (χ1v) is 7.99. The lowest BCUT2D eigenvalue weighted by Gasteiger charge is -2.37. The molecular formula is C16H27N5O2. The van der Waals surface area contributed by atoms with Gasteiger partial charge >= 0.3 is 0 Å². The van der Waals surface area contributed by atoms with E-state index in [1.54, 1.807) is 11.7 Å². The highest BCUT2D eigenvalue weighted by atomic mass is 16.2. The van der Waals surface area contributed by atoms with Crippen LogP contribution < -0.4 is 5.32 Å². The van der Waals surface area contributed by atoms with E-state index < -0.39 is 0 Å². The summed E-state index contributed by atoms with van der Waals surface area (Å²) in [6.07, 6.45) is 0. The molecule has 0 saturated carbocycles. The minimum Gasteiger partial charge on any atom is -0.340 e. The second kappa shape index (κ2) is 6.70. The molecule has 2 amide bonds. The molecule has 1 aromatic rings. The van der Waals surface area contributed by atoms with Gasteiger partial charge in [0.25, 0.3) is 0 Å². The van der Waals surface area contributed by atoms with Crippen LogP contribution in [0.5, 0.6) is 0 Å². The molecule has 0 unspecified atom stereocenters. The van der Waals surface area contributed by atoms with Crippen LogP contribution in [0.4, 0.5) is 5.82 Å². The molecule has 0 radical (unpaired) electrons. The fourth-order valence-electron chi connectivity index (χ4n) is 2.70. The Morgan fingerprint density at radius 1 is 1.22 bits per heavy atom. The van der Waals surface area contributed by atoms with Crippen LogP contribution in [-0.2, 0) is 16.6 Å². The van der Waals surface area contributed by atoms with Crippen molar-refractivity contribution in [3.63, 3.8) is 0 Å². The van der Waals surface area contributed by atoms with Crippen LogP contribution in [0.15, 0.2) is 6.07 Å². The Morgan fingerprint density at radius 3 is 2.30 bits per heavy atom. The molecule has 7 nitrogen and oxygen atoms in total. The number of nitrogens with zero attached hydrogens (tertiary/aromatic N) is 4. The topological polar surface area (TPSA) is 70.5 Å². The predicted octanol–water partition coefficient (Wildman–Crippen LogP) is 0.857. The number of hydrogen-bond donors (Lipinski definition) is 1. The van der Waals surface area contributed by atoms with Gasteiger partial charge in [-0.2, -0.15) is 5.10 Å². The van der Waals surface area contributed by atoms with Crippen molar-refractivity contribution >= 4 is 17.6 Å². The molecule has 1 aromatic heterocycles. The Bertz CT molecular complexity index is 580. The SMILES string of the molecule is Cc1cc(NC(=O)CN2CCN(C(=O)C(C)(C)C)CC2)n(C)n1. The molecule has 128 valence electrons. The lowest BCUT2D eigenvalue weighted by Crippen LogP contribution is -2.52. The first-order chi connectivity index (χ1) is 10.7. The van der Waals surface area contributed by atoms with Crippen LogP contribution in [0.1, 0.15) is 26.5 Å². The number of anilines is 1. The van der Waals surface area contributed by atoms with Gasteiger partial charge in [-0.15, -0.1) is 0 Å². The molecule has 23 heavy (non-hydrogen) atoms. The summed E-state index contributed by atoms with van der Waals surface area (Å²) in [5.41, 5.74) is 0.522. The Hall–Kier alpha value is -1.89. The zero-order valence-corrected chi connectivity index (χ0v) is 14.7. The first kappa shape index (κ1) is 17.5. The van der Waals surface area contributed by atoms with Crippen molar-refractivity contribution in [2.45, 2.75) is 27.7 Å². The lowest BCUT2D eigenvalue weighted by atomic mass is 9.94. The largest absolute Gasteiger partial charge is 0.340 e. The van der Waals surface area contributed by atoms with Gasteiger partial charge in [-0.1, -0.05) is 20.8 Å². The van der Waals surface area contributed by atoms with Crippen LogP contribution in [0.3, 0.4) is 0 Å². The van der Waals surface area contributed by atoms with Crippen molar-refractivity contribution in [3.05, 3.63) is 11.8 Å². The average molecular weight is 321 g/mol. The summed E-state index contributed by atoms with van der Waals surface area (Å²) < 4.78 is 1.66. The van der Waals surface area contributed by atoms with Crippen molar-refractivity contribution in [1.82, 2.24) is 19.6 Å². The molecule has 2 rings (SSSR count). The maximum absolute atomic E-state index is 12.2. The van der Waals surface area contributed by atoms with E-state index in [1.807, 2.05) is 38.7 Å². The maximum Gasteiger partial charge on any atom is 0.239 e. The highest BCUT2D eigenvalue weighted by Crippen LogP contribution is 2.18. The van der Waals surface area contributed by atoms with Crippen LogP contribution in [0, 0.1) is 12.3 Å². The predicted molar refractivity (Wildman–Crippen MR) is 89.0 cm³/mol. The van der Waals surface area contributed by atoms with E-state index in [0.717, 1.165) is 18.8 Å². The van der Waals surface area contributed by atoms with Crippen LogP contribution >= 0.6 is 0 Å². The number of aromatic nitrogens is 2. The first-order valence-electron chi connectivity index (χ1n) is 7.99. The summed E-state index contributed by atoms with van der Waals surface area (Å²) in [6.45, 7) is 10.8. The van der Waals surface area contributed by atoms with Gasteiger partial charge in [0.1, 0.15) is 5.82 Å². The number of aryl methyl sites for hydroxylation is 2. The van der Waals surface area contributed by atoms with Gasteiger partial charge in [0.05, 0.1) is 12.2 Å². The summed E-state index contributed by atoms with van der Waals surface area (Å²) >= 11 is 0. The minimum atomic E-state index is -0.350. The van der Waals surface area contributed by atoms with Gasteiger partial charge in [-0.05, 0) is 6.92 Å². The minimum absolute atomic E-state index is 0.0522. The Kier molecular flexibility index (Phi) is 5.09. The van der Waals surface area contributed by atoms with Crippen LogP contribution in [0.25, 0.3) is 0 Å². The number of piperazine rings is 1. The monoisotopic (exact) mass is 321 g/mol. The summed E-state index contributed by atoms with van der Waals surface area (Å²) in [7, 11) is 1.81. The maximum atomic E-state index is 12.2. The second-order valence-corrected chi connectivity index (χ2v) is 7.16. The quantitative estimate of drug-likeness (QED) is 0.896. The van der Waals surface area contributed by atoms with Gasteiger partial charge in [-0.25, -0.2) is 0 Å². The van der Waals surface area contributed by atoms with E-state index in [-0.39, 0.29) is 17.2 Å². The molecule has 1 saturated heterocycles. The third kappa shape index (κ3) is 4.54. The summed E-state index contributed by atoms with van der Waals surface area (Å²) in [6, 6.07) is 1.85. The Balaban J connectivity index is 1.81. The number of carbonyl (C=O) groups is 2. The number of carbonyl (C=O) groups excluding carboxylic acids is 2. The van der Waals surface area contributed by atoms with E-state index in [9.17, 15) is 9.59 Å². The van der Waals surface area contributed by atoms with Gasteiger partial charge in [0, 0.05) is 44.7 Å². The highest BCUT2D eigenvalue weighted by molar-refractivity contribution is 5.91. The van der Waals surface area contributed by atoms with Crippen molar-refractivity contribution < 1.29 is 9.59 Å². The second-order valence-electron chi connectivity index (χ2n) is 7.16. The molecule has 1 fully saturated rings. The van der Waals surface area contributed by atoms with E-state index in [4.69, 9.17) is 0 Å². The third-order valence-corrected chi connectivity index (χ3v) is 3.94. The number of amides is 2. The fraction of sp³-hybridized carbons (Fsp3) is 0.688. The molecule has 1 aliphatic rings. The van der Waals surface area contributed by atoms with Crippen LogP contribution in [0.2, 0.25) is 0 Å². The smallest absolute Gasteiger partial charge is 0.239 e. The molecule has 1 N–H and O–H groups in total. The average Bonchev–Trinajstić information content (AvgIpc) is 2.75. The highest BCUT2D eigenvalue weighted by Gasteiger charge is 2.30. The van der Waals surface area contributed by atoms with E-state index in [2.05, 4.69) is 15.3 Å². The normalized spacial score (nSPS) is 16.5. The Morgan fingerprint density at radius 2 is 1.83 bits per heavy atom. The van der Waals surface area contributed by atoms with Gasteiger partial charge < -0.3 is 10.2 Å². The van der Waals surface area contributed by atoms with Crippen molar-refractivity contribution in [1.29, 1.82) is 0 Å². The molecule has 1 aliphatic heterocycles. The molecule has 0 atom stereocenters. The van der Waals surface area contributed by atoms with Crippen molar-refractivity contribution in [2.24, 2.45) is 12.5 Å². The number of hydrogen-bond acceptors (Lipinski definition) is 4. The molecule has 0 spiro atoms. The third-order valence-electron chi connectivity index (χ3n) is 3.94. The van der Waals surface area contributed by atoms with Crippen LogP contribution in [-0.4, -0.2) is 64.1 Å². The fourth-order valence-corrected chi connectivity index (χ4v) is 2.70. The van der Waals surface area contributed by atoms with E-state index >= 15 is 0 Å². The molecule has 0 aliphatic carbocycles. The molecule has 0 bridgehead atoms. The van der Waals surface area contributed by atoms with Gasteiger partial charge in [0.15, 0.2) is 0 Å². The molecule has 2 heterocycles. The van der Waals surface area contributed by atoms with Gasteiger partial charge in [-0.3, -0.25) is 19.2 Å². The van der Waals surface area contributed by atoms with Crippen molar-refractivity contribution in [2.75, 3.05) is 38.0 Å². The Labute approximate surface area is 137 Å². The standard InChI is InChI=1S/C16H27N5O2/c1-12-10-13(19(5)18-12)17-14(22)11-20-6-8-21(9-7-20)15(23)16(2,3)4/h10H,6-9,11H2,1-5H3,(H,17,22). The molecule has 7 heteroatoms. The summed E-state index contributed by atoms with van der Waals surface area (Å²) in [5.74, 6) is 0.824. The summed E-state index contributed by atoms with van der Waals surface area (Å²) in [4.78, 5) is 28.4. The zero-order valence-electron chi connectivity index (χ0n) is 14.7. The zero-order chi connectivity index (χ0) is 17.2. The number of rotatable bonds is 3. The molecule has 0 aromatic carbocycles. The lowest BCUT2D eigenvalue weighted by molar-refractivity contribution is -0.141. The summed E-state index contributed by atoms with van der Waals surface area (Å²) in [5, 5.41) is 7.08. The van der Waals surface area contributed by atoms with E-state index in [0.29, 0.717) is 25.5 Å².